The summed E-state index contributed by atoms with van der Waals surface area (Å²) >= 11 is 0. The predicted molar refractivity (Wildman–Crippen MR) is 114 cm³/mol. The number of carbonyl (C=O) groups is 1. The van der Waals surface area contributed by atoms with Gasteiger partial charge in [-0.05, 0) is 49.6 Å². The quantitative estimate of drug-likeness (QED) is 0.299. The first-order valence-electron chi connectivity index (χ1n) is 9.76. The van der Waals surface area contributed by atoms with Gasteiger partial charge >= 0.3 is 0 Å². The molecule has 9 nitrogen and oxygen atoms in total. The summed E-state index contributed by atoms with van der Waals surface area (Å²) in [5.41, 5.74) is 0.592. The summed E-state index contributed by atoms with van der Waals surface area (Å²) in [5.74, 6) is -0.565. The number of carbonyl (C=O) groups excluding carboxylic acids is 1. The number of nitro groups is 1. The summed E-state index contributed by atoms with van der Waals surface area (Å²) in [5, 5.41) is 17.1. The second-order valence-electron chi connectivity index (χ2n) is 7.14. The van der Waals surface area contributed by atoms with E-state index in [0.29, 0.717) is 12.2 Å². The summed E-state index contributed by atoms with van der Waals surface area (Å²) in [4.78, 5) is 23.5. The lowest BCUT2D eigenvalue weighted by molar-refractivity contribution is -0.384. The molecule has 3 N–H and O–H groups in total. The molecule has 0 saturated heterocycles. The van der Waals surface area contributed by atoms with Gasteiger partial charge in [-0.3, -0.25) is 14.9 Å². The van der Waals surface area contributed by atoms with Gasteiger partial charge in [0.25, 0.3) is 11.6 Å². The van der Waals surface area contributed by atoms with Gasteiger partial charge in [0.2, 0.25) is 10.0 Å². The highest BCUT2D eigenvalue weighted by Crippen LogP contribution is 2.31. The Labute approximate surface area is 175 Å². The number of benzene rings is 2. The molecule has 10 heteroatoms. The number of nitrogens with zero attached hydrogens (tertiary/aromatic N) is 1. The first-order chi connectivity index (χ1) is 14.3. The van der Waals surface area contributed by atoms with Crippen LogP contribution < -0.4 is 15.4 Å². The van der Waals surface area contributed by atoms with Gasteiger partial charge in [0.05, 0.1) is 9.82 Å². The van der Waals surface area contributed by atoms with Crippen LogP contribution in [0.15, 0.2) is 47.4 Å². The molecule has 0 spiro atoms. The van der Waals surface area contributed by atoms with E-state index in [0.717, 1.165) is 25.7 Å². The van der Waals surface area contributed by atoms with Crippen molar-refractivity contribution in [3.05, 3.63) is 58.1 Å². The Morgan fingerprint density at radius 1 is 1.20 bits per heavy atom. The van der Waals surface area contributed by atoms with Crippen LogP contribution in [0.1, 0.15) is 43.0 Å². The van der Waals surface area contributed by atoms with Gasteiger partial charge in [-0.15, -0.1) is 0 Å². The van der Waals surface area contributed by atoms with E-state index < -0.39 is 20.9 Å². The molecular formula is C20H24N4O5S. The topological polar surface area (TPSA) is 130 Å². The van der Waals surface area contributed by atoms with Crippen molar-refractivity contribution in [3.63, 3.8) is 0 Å². The lowest BCUT2D eigenvalue weighted by Gasteiger charge is -2.10. The van der Waals surface area contributed by atoms with Gasteiger partial charge in [0.1, 0.15) is 5.69 Å². The van der Waals surface area contributed by atoms with Crippen molar-refractivity contribution < 1.29 is 18.1 Å². The third-order valence-corrected chi connectivity index (χ3v) is 6.08. The van der Waals surface area contributed by atoms with Crippen molar-refractivity contribution in [1.82, 2.24) is 4.72 Å². The van der Waals surface area contributed by atoms with E-state index >= 15 is 0 Å². The minimum Gasteiger partial charge on any atom is -0.377 e. The molecule has 0 atom stereocenters. The third-order valence-electron chi connectivity index (χ3n) is 4.62. The molecule has 2 aromatic carbocycles. The summed E-state index contributed by atoms with van der Waals surface area (Å²) < 4.78 is 27.2. The van der Waals surface area contributed by atoms with E-state index in [2.05, 4.69) is 15.4 Å². The van der Waals surface area contributed by atoms with Gasteiger partial charge < -0.3 is 10.6 Å². The standard InChI is InChI=1S/C20H24N4O5S/c1-2-3-11-21-30(28,29)17-6-4-5-16(13-17)23-20(25)14-7-10-18(22-15-8-9-15)19(12-14)24(26)27/h4-7,10,12-13,15,21-22H,2-3,8-9,11H2,1H3,(H,23,25). The van der Waals surface area contributed by atoms with E-state index in [9.17, 15) is 23.3 Å². The number of hydrogen-bond acceptors (Lipinski definition) is 6. The van der Waals surface area contributed by atoms with Crippen LogP contribution in [-0.4, -0.2) is 31.8 Å². The van der Waals surface area contributed by atoms with Crippen molar-refractivity contribution in [1.29, 1.82) is 0 Å². The van der Waals surface area contributed by atoms with Crippen LogP contribution in [0.25, 0.3) is 0 Å². The fourth-order valence-electron chi connectivity index (χ4n) is 2.80. The fourth-order valence-corrected chi connectivity index (χ4v) is 3.92. The summed E-state index contributed by atoms with van der Waals surface area (Å²) in [6.07, 6.45) is 3.51. The molecule has 3 rings (SSSR count). The maximum absolute atomic E-state index is 12.6. The van der Waals surface area contributed by atoms with Crippen molar-refractivity contribution >= 4 is 33.0 Å². The average molecular weight is 433 g/mol. The molecule has 160 valence electrons. The second kappa shape index (κ2) is 9.23. The van der Waals surface area contributed by atoms with Gasteiger partial charge in [-0.25, -0.2) is 13.1 Å². The Bertz CT molecular complexity index is 1050. The van der Waals surface area contributed by atoms with E-state index in [4.69, 9.17) is 0 Å². The Kier molecular flexibility index (Phi) is 6.68. The predicted octanol–water partition coefficient (Wildman–Crippen LogP) is 3.50. The zero-order valence-corrected chi connectivity index (χ0v) is 17.4. The number of hydrogen-bond donors (Lipinski definition) is 3. The SMILES string of the molecule is CCCCNS(=O)(=O)c1cccc(NC(=O)c2ccc(NC3CC3)c([N+](=O)[O-])c2)c1. The highest BCUT2D eigenvalue weighted by molar-refractivity contribution is 7.89. The zero-order valence-electron chi connectivity index (χ0n) is 16.6. The van der Waals surface area contributed by atoms with E-state index in [1.54, 1.807) is 6.07 Å². The highest BCUT2D eigenvalue weighted by atomic mass is 32.2. The van der Waals surface area contributed by atoms with Gasteiger partial charge in [0, 0.05) is 29.9 Å². The van der Waals surface area contributed by atoms with Gasteiger partial charge in [-0.1, -0.05) is 19.4 Å². The van der Waals surface area contributed by atoms with Crippen molar-refractivity contribution in [3.8, 4) is 0 Å². The smallest absolute Gasteiger partial charge is 0.293 e. The normalized spacial score (nSPS) is 13.6. The van der Waals surface area contributed by atoms with Crippen LogP contribution >= 0.6 is 0 Å². The number of nitro benzene ring substituents is 1. The molecule has 1 aliphatic rings. The fraction of sp³-hybridized carbons (Fsp3) is 0.350. The monoisotopic (exact) mass is 432 g/mol. The van der Waals surface area contributed by atoms with E-state index in [1.807, 2.05) is 6.92 Å². The highest BCUT2D eigenvalue weighted by Gasteiger charge is 2.25. The number of rotatable bonds is 10. The Balaban J connectivity index is 1.76. The lowest BCUT2D eigenvalue weighted by Crippen LogP contribution is -2.24. The number of anilines is 2. The molecule has 1 aliphatic carbocycles. The van der Waals surface area contributed by atoms with Crippen LogP contribution in [0.5, 0.6) is 0 Å². The third kappa shape index (κ3) is 5.55. The van der Waals surface area contributed by atoms with Crippen LogP contribution in [0.2, 0.25) is 0 Å². The van der Waals surface area contributed by atoms with Crippen LogP contribution in [-0.2, 0) is 10.0 Å². The second-order valence-corrected chi connectivity index (χ2v) is 8.91. The molecule has 1 amide bonds. The Morgan fingerprint density at radius 2 is 1.97 bits per heavy atom. The summed E-state index contributed by atoms with van der Waals surface area (Å²) in [7, 11) is -3.68. The Hall–Kier alpha value is -2.98. The van der Waals surface area contributed by atoms with Crippen molar-refractivity contribution in [2.24, 2.45) is 0 Å². The minimum atomic E-state index is -3.68. The number of unbranched alkanes of at least 4 members (excludes halogenated alkanes) is 1. The molecule has 1 fully saturated rings. The van der Waals surface area contributed by atoms with Gasteiger partial charge in [0.15, 0.2) is 0 Å². The maximum Gasteiger partial charge on any atom is 0.293 e. The molecule has 0 unspecified atom stereocenters. The Morgan fingerprint density at radius 3 is 2.63 bits per heavy atom. The molecule has 1 saturated carbocycles. The first-order valence-corrected chi connectivity index (χ1v) is 11.2. The van der Waals surface area contributed by atoms with Crippen molar-refractivity contribution in [2.45, 2.75) is 43.5 Å². The van der Waals surface area contributed by atoms with Gasteiger partial charge in [-0.2, -0.15) is 0 Å². The van der Waals surface area contributed by atoms with E-state index in [1.165, 1.54) is 36.4 Å². The molecule has 0 aromatic heterocycles. The molecular weight excluding hydrogens is 408 g/mol. The molecule has 0 bridgehead atoms. The molecule has 0 heterocycles. The number of amides is 1. The van der Waals surface area contributed by atoms with Crippen molar-refractivity contribution in [2.75, 3.05) is 17.2 Å². The number of nitrogens with one attached hydrogen (secondary N) is 3. The first kappa shape index (κ1) is 21.7. The largest absolute Gasteiger partial charge is 0.377 e. The lowest BCUT2D eigenvalue weighted by atomic mass is 10.1. The summed E-state index contributed by atoms with van der Waals surface area (Å²) in [6.45, 7) is 2.30. The van der Waals surface area contributed by atoms with Crippen LogP contribution in [0, 0.1) is 10.1 Å². The maximum atomic E-state index is 12.6. The molecule has 0 radical (unpaired) electrons. The van der Waals surface area contributed by atoms with E-state index in [-0.39, 0.29) is 27.9 Å². The van der Waals surface area contributed by atoms with Crippen LogP contribution in [0.4, 0.5) is 17.1 Å². The molecule has 2 aromatic rings. The minimum absolute atomic E-state index is 0.0337. The molecule has 0 aliphatic heterocycles. The number of sulfonamides is 1. The summed E-state index contributed by atoms with van der Waals surface area (Å²) in [6, 6.07) is 10.3. The average Bonchev–Trinajstić information content (AvgIpc) is 3.52. The van der Waals surface area contributed by atoms with Crippen LogP contribution in [0.3, 0.4) is 0 Å². The molecule has 30 heavy (non-hydrogen) atoms. The zero-order chi connectivity index (χ0) is 21.7.